The van der Waals surface area contributed by atoms with Crippen LogP contribution in [-0.2, 0) is 0 Å². The first-order valence-electron chi connectivity index (χ1n) is 21.4. The molecule has 3 unspecified atom stereocenters. The molecule has 1 aliphatic rings. The van der Waals surface area contributed by atoms with Gasteiger partial charge in [-0.05, 0) is 126 Å². The zero-order valence-electron chi connectivity index (χ0n) is 36.5. The predicted molar refractivity (Wildman–Crippen MR) is 257 cm³/mol. The van der Waals surface area contributed by atoms with E-state index in [9.17, 15) is 0 Å². The van der Waals surface area contributed by atoms with Crippen molar-refractivity contribution in [3.8, 4) is 33.4 Å². The molecule has 59 heavy (non-hydrogen) atoms. The fraction of sp³-hybridized carbons (Fsp3) is 0.246. The van der Waals surface area contributed by atoms with E-state index in [4.69, 9.17) is 9.98 Å². The molecule has 0 N–H and O–H groups in total. The van der Waals surface area contributed by atoms with Crippen LogP contribution in [-0.4, -0.2) is 10.7 Å². The SMILES string of the molecule is CC(=N/C(=C\C(C)C1C=C=CC=C1)c1cccc(C)n1)c1ccccc1.CCC(C)c1ccc(-c2ccccc2)cc1-c1cc(-c2ccccc2)ccc1C.CCCC. The van der Waals surface area contributed by atoms with Crippen LogP contribution in [0.2, 0.25) is 0 Å². The van der Waals surface area contributed by atoms with Crippen molar-refractivity contribution in [3.05, 3.63) is 210 Å². The summed E-state index contributed by atoms with van der Waals surface area (Å²) in [5.41, 5.74) is 18.6. The number of aromatic nitrogens is 1. The van der Waals surface area contributed by atoms with Crippen LogP contribution >= 0.6 is 0 Å². The molecule has 0 spiro atoms. The Morgan fingerprint density at radius 1 is 0.678 bits per heavy atom. The summed E-state index contributed by atoms with van der Waals surface area (Å²) in [6.07, 6.45) is 14.3. The van der Waals surface area contributed by atoms with E-state index in [0.717, 1.165) is 34.8 Å². The van der Waals surface area contributed by atoms with Crippen LogP contribution < -0.4 is 0 Å². The summed E-state index contributed by atoms with van der Waals surface area (Å²) in [5, 5.41) is 0. The number of rotatable bonds is 11. The van der Waals surface area contributed by atoms with Gasteiger partial charge in [0.15, 0.2) is 0 Å². The number of nitrogens with zero attached hydrogens (tertiary/aromatic N) is 2. The second-order valence-electron chi connectivity index (χ2n) is 15.5. The molecule has 3 atom stereocenters. The summed E-state index contributed by atoms with van der Waals surface area (Å²) in [7, 11) is 0. The van der Waals surface area contributed by atoms with Crippen molar-refractivity contribution < 1.29 is 0 Å². The lowest BCUT2D eigenvalue weighted by atomic mass is 9.85. The molecule has 7 rings (SSSR count). The van der Waals surface area contributed by atoms with Crippen molar-refractivity contribution in [2.45, 2.75) is 80.6 Å². The Labute approximate surface area is 355 Å². The molecule has 0 fully saturated rings. The van der Waals surface area contributed by atoms with Crippen molar-refractivity contribution >= 4 is 11.4 Å². The van der Waals surface area contributed by atoms with Gasteiger partial charge in [-0.15, -0.1) is 5.73 Å². The number of benzene rings is 5. The van der Waals surface area contributed by atoms with Gasteiger partial charge in [0.2, 0.25) is 0 Å². The lowest BCUT2D eigenvalue weighted by molar-refractivity contribution is 0.611. The van der Waals surface area contributed by atoms with Gasteiger partial charge in [0, 0.05) is 17.3 Å². The summed E-state index contributed by atoms with van der Waals surface area (Å²) in [6, 6.07) is 51.5. The molecule has 0 aliphatic heterocycles. The zero-order chi connectivity index (χ0) is 42.0. The fourth-order valence-electron chi connectivity index (χ4n) is 6.91. The van der Waals surface area contributed by atoms with Crippen LogP contribution in [0.4, 0.5) is 0 Å². The van der Waals surface area contributed by atoms with Gasteiger partial charge >= 0.3 is 0 Å². The Kier molecular flexibility index (Phi) is 17.0. The maximum Gasteiger partial charge on any atom is 0.0886 e. The summed E-state index contributed by atoms with van der Waals surface area (Å²) in [5.74, 6) is 1.15. The maximum absolute atomic E-state index is 4.94. The predicted octanol–water partition coefficient (Wildman–Crippen LogP) is 16.1. The Hall–Kier alpha value is -6.08. The zero-order valence-corrected chi connectivity index (χ0v) is 36.5. The van der Waals surface area contributed by atoms with Crippen LogP contribution in [0.1, 0.15) is 94.8 Å². The number of aliphatic imine (C=N–C) groups is 1. The lowest BCUT2D eigenvalue weighted by Crippen LogP contribution is -2.06. The van der Waals surface area contributed by atoms with Crippen LogP contribution in [0.3, 0.4) is 0 Å². The molecule has 1 aliphatic carbocycles. The Balaban J connectivity index is 0.000000207. The molecule has 6 aromatic rings. The quantitative estimate of drug-likeness (QED) is 0.0951. The van der Waals surface area contributed by atoms with Gasteiger partial charge in [-0.1, -0.05) is 187 Å². The van der Waals surface area contributed by atoms with E-state index in [-0.39, 0.29) is 0 Å². The second-order valence-corrected chi connectivity index (χ2v) is 15.5. The smallest absolute Gasteiger partial charge is 0.0886 e. The molecule has 1 heterocycles. The molecule has 0 amide bonds. The third-order valence-electron chi connectivity index (χ3n) is 10.9. The number of hydrogen-bond acceptors (Lipinski definition) is 2. The number of pyridine rings is 1. The van der Waals surface area contributed by atoms with Crippen LogP contribution in [0.15, 0.2) is 187 Å². The highest BCUT2D eigenvalue weighted by Crippen LogP contribution is 2.38. The van der Waals surface area contributed by atoms with E-state index in [1.54, 1.807) is 0 Å². The first-order valence-corrected chi connectivity index (χ1v) is 21.4. The number of allylic oxidation sites excluding steroid dienone is 4. The molecular formula is C57H62N2. The van der Waals surface area contributed by atoms with Gasteiger partial charge in [-0.3, -0.25) is 9.98 Å². The largest absolute Gasteiger partial charge is 0.252 e. The first kappa shape index (κ1) is 44.0. The average molecular weight is 775 g/mol. The third kappa shape index (κ3) is 12.7. The van der Waals surface area contributed by atoms with Crippen molar-refractivity contribution in [3.63, 3.8) is 0 Å². The van der Waals surface area contributed by atoms with Crippen molar-refractivity contribution in [1.82, 2.24) is 4.98 Å². The van der Waals surface area contributed by atoms with E-state index in [0.29, 0.717) is 17.8 Å². The van der Waals surface area contributed by atoms with E-state index in [1.807, 2.05) is 56.3 Å². The topological polar surface area (TPSA) is 25.2 Å². The molecule has 2 nitrogen and oxygen atoms in total. The summed E-state index contributed by atoms with van der Waals surface area (Å²) in [6.45, 7) is 17.5. The fourth-order valence-corrected chi connectivity index (χ4v) is 6.91. The van der Waals surface area contributed by atoms with Crippen LogP contribution in [0, 0.1) is 25.7 Å². The number of hydrogen-bond donors (Lipinski definition) is 0. The Morgan fingerprint density at radius 3 is 1.83 bits per heavy atom. The highest BCUT2D eigenvalue weighted by atomic mass is 14.8. The summed E-state index contributed by atoms with van der Waals surface area (Å²) in [4.78, 5) is 9.64. The minimum atomic E-state index is 0.303. The van der Waals surface area contributed by atoms with E-state index >= 15 is 0 Å². The first-order chi connectivity index (χ1) is 28.7. The standard InChI is InChI=1S/C29H28.C24H24N2.C4H10/c1-4-21(2)27-18-17-26(24-13-9-6-10-14-24)20-29(27)28-19-25(16-15-22(28)3)23-11-7-5-8-12-23;1-18(21-12-6-4-7-13-21)17-24(23-16-10-11-19(2)25-23)26-20(3)22-14-8-5-9-15-22;1-3-4-2/h5-21H,4H2,1-3H3;4-6,8-18,21H,1-3H3;3-4H2,1-2H3/b;24-17-,26-20?;. The van der Waals surface area contributed by atoms with Gasteiger partial charge < -0.3 is 0 Å². The summed E-state index contributed by atoms with van der Waals surface area (Å²) >= 11 is 0. The number of aryl methyl sites for hydroxylation is 2. The molecule has 0 radical (unpaired) electrons. The molecule has 5 aromatic carbocycles. The highest BCUT2D eigenvalue weighted by molar-refractivity contribution is 6.01. The normalized spacial score (nSPS) is 14.4. The van der Waals surface area contributed by atoms with Crippen molar-refractivity contribution in [2.24, 2.45) is 16.8 Å². The third-order valence-corrected chi connectivity index (χ3v) is 10.9. The summed E-state index contributed by atoms with van der Waals surface area (Å²) < 4.78 is 0. The van der Waals surface area contributed by atoms with E-state index in [1.165, 1.54) is 57.3 Å². The van der Waals surface area contributed by atoms with Crippen LogP contribution in [0.5, 0.6) is 0 Å². The monoisotopic (exact) mass is 774 g/mol. The second kappa shape index (κ2) is 22.8. The average Bonchev–Trinajstić information content (AvgIpc) is 3.30. The van der Waals surface area contributed by atoms with Gasteiger partial charge in [0.1, 0.15) is 0 Å². The minimum absolute atomic E-state index is 0.303. The Morgan fingerprint density at radius 2 is 1.27 bits per heavy atom. The molecule has 300 valence electrons. The highest BCUT2D eigenvalue weighted by Gasteiger charge is 2.16. The molecule has 1 aromatic heterocycles. The van der Waals surface area contributed by atoms with Crippen molar-refractivity contribution in [2.75, 3.05) is 0 Å². The van der Waals surface area contributed by atoms with Gasteiger partial charge in [-0.2, -0.15) is 0 Å². The molecule has 0 saturated heterocycles. The van der Waals surface area contributed by atoms with Crippen molar-refractivity contribution in [1.29, 1.82) is 0 Å². The van der Waals surface area contributed by atoms with Gasteiger partial charge in [0.25, 0.3) is 0 Å². The maximum atomic E-state index is 4.94. The van der Waals surface area contributed by atoms with E-state index < -0.39 is 0 Å². The molecular weight excluding hydrogens is 713 g/mol. The molecule has 0 saturated carbocycles. The molecule has 2 heteroatoms. The minimum Gasteiger partial charge on any atom is -0.252 e. The van der Waals surface area contributed by atoms with Crippen LogP contribution in [0.25, 0.3) is 39.1 Å². The lowest BCUT2D eigenvalue weighted by Gasteiger charge is -2.19. The van der Waals surface area contributed by atoms with Gasteiger partial charge in [0.05, 0.1) is 11.4 Å². The van der Waals surface area contributed by atoms with E-state index in [2.05, 4.69) is 181 Å². The Bertz CT molecular complexity index is 2370. The number of unbranched alkanes of at least 4 members (excludes halogenated alkanes) is 1. The van der Waals surface area contributed by atoms with Gasteiger partial charge in [-0.25, -0.2) is 0 Å². The molecule has 0 bridgehead atoms.